The van der Waals surface area contributed by atoms with Crippen LogP contribution in [0.3, 0.4) is 0 Å². The number of hydrogen-bond donors (Lipinski definition) is 1. The van der Waals surface area contributed by atoms with Crippen LogP contribution in [-0.2, 0) is 9.84 Å². The van der Waals surface area contributed by atoms with E-state index in [9.17, 15) is 13.2 Å². The fraction of sp³-hybridized carbons (Fsp3) is 0.600. The van der Waals surface area contributed by atoms with E-state index < -0.39 is 9.84 Å². The van der Waals surface area contributed by atoms with Crippen LogP contribution >= 0.6 is 0 Å². The van der Waals surface area contributed by atoms with Crippen LogP contribution in [0.4, 0.5) is 5.69 Å². The second kappa shape index (κ2) is 6.64. The molecule has 1 fully saturated rings. The SMILES string of the molecule is CCN(c1cncc(C(=O)NC(C)C)c1)C1CCS(=O)(=O)C1. The lowest BCUT2D eigenvalue weighted by Crippen LogP contribution is -2.36. The van der Waals surface area contributed by atoms with E-state index in [0.717, 1.165) is 5.69 Å². The van der Waals surface area contributed by atoms with Gasteiger partial charge in [0.1, 0.15) is 0 Å². The molecule has 22 heavy (non-hydrogen) atoms. The van der Waals surface area contributed by atoms with Crippen LogP contribution in [0, 0.1) is 0 Å². The van der Waals surface area contributed by atoms with Crippen LogP contribution in [0.15, 0.2) is 18.5 Å². The Balaban J connectivity index is 2.21. The highest BCUT2D eigenvalue weighted by Crippen LogP contribution is 2.24. The van der Waals surface area contributed by atoms with Crippen molar-refractivity contribution in [1.82, 2.24) is 10.3 Å². The number of carbonyl (C=O) groups excluding carboxylic acids is 1. The number of pyridine rings is 1. The van der Waals surface area contributed by atoms with Crippen molar-refractivity contribution in [2.24, 2.45) is 0 Å². The lowest BCUT2D eigenvalue weighted by Gasteiger charge is -2.29. The second-order valence-corrected chi connectivity index (χ2v) is 8.13. The van der Waals surface area contributed by atoms with E-state index in [1.165, 1.54) is 6.20 Å². The molecule has 1 N–H and O–H groups in total. The van der Waals surface area contributed by atoms with E-state index in [1.807, 2.05) is 25.7 Å². The van der Waals surface area contributed by atoms with Crippen LogP contribution in [0.5, 0.6) is 0 Å². The van der Waals surface area contributed by atoms with E-state index in [4.69, 9.17) is 0 Å². The average Bonchev–Trinajstić information content (AvgIpc) is 2.79. The zero-order chi connectivity index (χ0) is 16.3. The molecule has 1 aliphatic rings. The Morgan fingerprint density at radius 1 is 1.45 bits per heavy atom. The fourth-order valence-electron chi connectivity index (χ4n) is 2.73. The van der Waals surface area contributed by atoms with Gasteiger partial charge in [-0.1, -0.05) is 0 Å². The summed E-state index contributed by atoms with van der Waals surface area (Å²) in [6.45, 7) is 6.46. The Morgan fingerprint density at radius 2 is 2.18 bits per heavy atom. The fourth-order valence-corrected chi connectivity index (χ4v) is 4.46. The standard InChI is InChI=1S/C15H23N3O3S/c1-4-18(13-5-6-22(20,21)10-13)14-7-12(8-16-9-14)15(19)17-11(2)3/h7-9,11,13H,4-6,10H2,1-3H3,(H,17,19). The molecule has 0 aromatic carbocycles. The Labute approximate surface area is 131 Å². The van der Waals surface area contributed by atoms with Crippen molar-refractivity contribution in [3.8, 4) is 0 Å². The first kappa shape index (κ1) is 16.7. The molecule has 7 heteroatoms. The maximum Gasteiger partial charge on any atom is 0.253 e. The third-order valence-corrected chi connectivity index (χ3v) is 5.48. The lowest BCUT2D eigenvalue weighted by atomic mass is 10.1. The summed E-state index contributed by atoms with van der Waals surface area (Å²) in [4.78, 5) is 18.2. The number of hydrogen-bond acceptors (Lipinski definition) is 5. The largest absolute Gasteiger partial charge is 0.367 e. The zero-order valence-electron chi connectivity index (χ0n) is 13.2. The molecule has 1 atom stereocenters. The van der Waals surface area contributed by atoms with E-state index in [2.05, 4.69) is 10.3 Å². The van der Waals surface area contributed by atoms with Crippen LogP contribution in [0.2, 0.25) is 0 Å². The van der Waals surface area contributed by atoms with Gasteiger partial charge in [0.15, 0.2) is 9.84 Å². The van der Waals surface area contributed by atoms with Gasteiger partial charge >= 0.3 is 0 Å². The molecule has 0 spiro atoms. The molecule has 1 unspecified atom stereocenters. The maximum atomic E-state index is 12.1. The minimum Gasteiger partial charge on any atom is -0.367 e. The summed E-state index contributed by atoms with van der Waals surface area (Å²) in [7, 11) is -2.94. The second-order valence-electron chi connectivity index (χ2n) is 5.90. The normalized spacial score (nSPS) is 20.1. The number of amides is 1. The minimum atomic E-state index is -2.94. The topological polar surface area (TPSA) is 79.4 Å². The summed E-state index contributed by atoms with van der Waals surface area (Å²) in [5.41, 5.74) is 1.28. The van der Waals surface area contributed by atoms with Crippen LogP contribution < -0.4 is 10.2 Å². The number of carbonyl (C=O) groups is 1. The monoisotopic (exact) mass is 325 g/mol. The quantitative estimate of drug-likeness (QED) is 0.881. The molecule has 1 amide bonds. The Kier molecular flexibility index (Phi) is 5.05. The Bertz CT molecular complexity index is 643. The maximum absolute atomic E-state index is 12.1. The highest BCUT2D eigenvalue weighted by molar-refractivity contribution is 7.91. The summed E-state index contributed by atoms with van der Waals surface area (Å²) in [5, 5.41) is 2.83. The lowest BCUT2D eigenvalue weighted by molar-refractivity contribution is 0.0942. The molecule has 1 saturated heterocycles. The summed E-state index contributed by atoms with van der Waals surface area (Å²) >= 11 is 0. The highest BCUT2D eigenvalue weighted by atomic mass is 32.2. The van der Waals surface area contributed by atoms with Crippen LogP contribution in [0.25, 0.3) is 0 Å². The minimum absolute atomic E-state index is 0.0415. The molecule has 1 aliphatic heterocycles. The van der Waals surface area contributed by atoms with Gasteiger partial charge in [-0.15, -0.1) is 0 Å². The van der Waals surface area contributed by atoms with Crippen molar-refractivity contribution in [3.05, 3.63) is 24.0 Å². The number of nitrogens with zero attached hydrogens (tertiary/aromatic N) is 2. The van der Waals surface area contributed by atoms with Crippen molar-refractivity contribution in [3.63, 3.8) is 0 Å². The van der Waals surface area contributed by atoms with Crippen LogP contribution in [-0.4, -0.2) is 49.4 Å². The first-order valence-corrected chi connectivity index (χ1v) is 9.37. The van der Waals surface area contributed by atoms with Crippen molar-refractivity contribution in [1.29, 1.82) is 0 Å². The Hall–Kier alpha value is -1.63. The van der Waals surface area contributed by atoms with Gasteiger partial charge in [0.2, 0.25) is 0 Å². The molecule has 0 bridgehead atoms. The predicted molar refractivity (Wildman–Crippen MR) is 86.9 cm³/mol. The zero-order valence-corrected chi connectivity index (χ0v) is 14.1. The van der Waals surface area contributed by atoms with Crippen LogP contribution in [0.1, 0.15) is 37.6 Å². The van der Waals surface area contributed by atoms with Crippen molar-refractivity contribution >= 4 is 21.4 Å². The molecule has 1 aromatic rings. The molecular weight excluding hydrogens is 302 g/mol. The van der Waals surface area contributed by atoms with Gasteiger partial charge in [-0.25, -0.2) is 8.42 Å². The summed E-state index contributed by atoms with van der Waals surface area (Å²) in [6, 6.07) is 1.79. The van der Waals surface area contributed by atoms with Crippen molar-refractivity contribution in [2.45, 2.75) is 39.3 Å². The van der Waals surface area contributed by atoms with Gasteiger partial charge in [-0.2, -0.15) is 0 Å². The van der Waals surface area contributed by atoms with E-state index in [-0.39, 0.29) is 29.5 Å². The van der Waals surface area contributed by atoms with E-state index in [0.29, 0.717) is 18.5 Å². The van der Waals surface area contributed by atoms with Gasteiger partial charge in [-0.3, -0.25) is 9.78 Å². The number of anilines is 1. The molecule has 0 aliphatic carbocycles. The van der Waals surface area contributed by atoms with Gasteiger partial charge < -0.3 is 10.2 Å². The molecule has 2 rings (SSSR count). The molecule has 1 aromatic heterocycles. The Morgan fingerprint density at radius 3 is 2.73 bits per heavy atom. The number of sulfone groups is 1. The molecule has 0 saturated carbocycles. The highest BCUT2D eigenvalue weighted by Gasteiger charge is 2.32. The predicted octanol–water partition coefficient (Wildman–Crippen LogP) is 1.23. The molecule has 6 nitrogen and oxygen atoms in total. The third-order valence-electron chi connectivity index (χ3n) is 3.73. The summed E-state index contributed by atoms with van der Waals surface area (Å²) in [5.74, 6) is 0.234. The molecule has 2 heterocycles. The van der Waals surface area contributed by atoms with Gasteiger partial charge in [-0.05, 0) is 33.3 Å². The molecular formula is C15H23N3O3S. The molecule has 0 radical (unpaired) electrons. The number of rotatable bonds is 5. The number of nitrogens with one attached hydrogen (secondary N) is 1. The average molecular weight is 325 g/mol. The van der Waals surface area contributed by atoms with E-state index in [1.54, 1.807) is 12.3 Å². The van der Waals surface area contributed by atoms with Gasteiger partial charge in [0, 0.05) is 24.8 Å². The summed E-state index contributed by atoms with van der Waals surface area (Å²) in [6.07, 6.45) is 3.83. The van der Waals surface area contributed by atoms with Gasteiger partial charge in [0.05, 0.1) is 29.0 Å². The smallest absolute Gasteiger partial charge is 0.253 e. The first-order chi connectivity index (χ1) is 10.3. The van der Waals surface area contributed by atoms with E-state index >= 15 is 0 Å². The first-order valence-electron chi connectivity index (χ1n) is 7.55. The van der Waals surface area contributed by atoms with Crippen molar-refractivity contribution in [2.75, 3.05) is 23.0 Å². The van der Waals surface area contributed by atoms with Gasteiger partial charge in [0.25, 0.3) is 5.91 Å². The molecule has 122 valence electrons. The number of aromatic nitrogens is 1. The van der Waals surface area contributed by atoms with Crippen molar-refractivity contribution < 1.29 is 13.2 Å². The third kappa shape index (κ3) is 3.97. The summed E-state index contributed by atoms with van der Waals surface area (Å²) < 4.78 is 23.4.